The Morgan fingerprint density at radius 2 is 2.06 bits per heavy atom. The lowest BCUT2D eigenvalue weighted by Crippen LogP contribution is -2.39. The highest BCUT2D eigenvalue weighted by Crippen LogP contribution is 2.19. The standard InChI is InChI=1S/C11H14N4.ClH/c12-6-9-5-11(8-14-7-9)15-3-1-10(13)2-4-15;/h5,7-8,10H,1-4,13H2;1H. The molecule has 16 heavy (non-hydrogen) atoms. The van der Waals surface area contributed by atoms with Crippen LogP contribution in [0.1, 0.15) is 18.4 Å². The molecule has 2 rings (SSSR count). The van der Waals surface area contributed by atoms with E-state index in [0.29, 0.717) is 11.6 Å². The van der Waals surface area contributed by atoms with E-state index in [2.05, 4.69) is 16.0 Å². The number of anilines is 1. The lowest BCUT2D eigenvalue weighted by Gasteiger charge is -2.31. The molecule has 1 aromatic rings. The Bertz CT molecular complexity index is 380. The third-order valence-corrected chi connectivity index (χ3v) is 2.76. The quantitative estimate of drug-likeness (QED) is 0.801. The van der Waals surface area contributed by atoms with Crippen molar-refractivity contribution in [1.29, 1.82) is 5.26 Å². The van der Waals surface area contributed by atoms with Gasteiger partial charge in [0.15, 0.2) is 0 Å². The molecule has 0 unspecified atom stereocenters. The molecule has 1 fully saturated rings. The Hall–Kier alpha value is -1.31. The summed E-state index contributed by atoms with van der Waals surface area (Å²) in [6.45, 7) is 1.91. The lowest BCUT2D eigenvalue weighted by atomic mass is 10.1. The fraction of sp³-hybridized carbons (Fsp3) is 0.455. The van der Waals surface area contributed by atoms with Crippen LogP contribution in [-0.2, 0) is 0 Å². The van der Waals surface area contributed by atoms with Gasteiger partial charge in [0.05, 0.1) is 17.4 Å². The van der Waals surface area contributed by atoms with Crippen molar-refractivity contribution in [3.05, 3.63) is 24.0 Å². The van der Waals surface area contributed by atoms with E-state index in [9.17, 15) is 0 Å². The maximum Gasteiger partial charge on any atom is 0.101 e. The van der Waals surface area contributed by atoms with E-state index in [0.717, 1.165) is 31.6 Å². The summed E-state index contributed by atoms with van der Waals surface area (Å²) in [5.41, 5.74) is 7.48. The number of hydrogen-bond acceptors (Lipinski definition) is 4. The second-order valence-corrected chi connectivity index (χ2v) is 3.87. The normalized spacial score (nSPS) is 16.4. The predicted molar refractivity (Wildman–Crippen MR) is 65.6 cm³/mol. The number of nitriles is 1. The molecule has 4 nitrogen and oxygen atoms in total. The first-order valence-corrected chi connectivity index (χ1v) is 5.15. The van der Waals surface area contributed by atoms with Crippen LogP contribution in [0.2, 0.25) is 0 Å². The molecule has 86 valence electrons. The van der Waals surface area contributed by atoms with Crippen LogP contribution in [0.5, 0.6) is 0 Å². The first kappa shape index (κ1) is 12.8. The van der Waals surface area contributed by atoms with Crippen molar-refractivity contribution in [2.24, 2.45) is 5.73 Å². The molecule has 0 bridgehead atoms. The first-order chi connectivity index (χ1) is 7.29. The Morgan fingerprint density at radius 3 is 2.69 bits per heavy atom. The van der Waals surface area contributed by atoms with Gasteiger partial charge in [-0.2, -0.15) is 5.26 Å². The molecular formula is C11H15ClN4. The Kier molecular flexibility index (Phi) is 4.53. The predicted octanol–water partition coefficient (Wildman–Crippen LogP) is 1.30. The largest absolute Gasteiger partial charge is 0.370 e. The highest BCUT2D eigenvalue weighted by atomic mass is 35.5. The second kappa shape index (κ2) is 5.69. The van der Waals surface area contributed by atoms with Crippen LogP contribution in [0.15, 0.2) is 18.5 Å². The fourth-order valence-electron chi connectivity index (χ4n) is 1.82. The van der Waals surface area contributed by atoms with E-state index >= 15 is 0 Å². The Morgan fingerprint density at radius 1 is 1.38 bits per heavy atom. The molecule has 0 saturated carbocycles. The molecule has 0 radical (unpaired) electrons. The van der Waals surface area contributed by atoms with Crippen molar-refractivity contribution in [1.82, 2.24) is 4.98 Å². The van der Waals surface area contributed by atoms with E-state index < -0.39 is 0 Å². The lowest BCUT2D eigenvalue weighted by molar-refractivity contribution is 0.501. The Balaban J connectivity index is 0.00000128. The number of pyridine rings is 1. The summed E-state index contributed by atoms with van der Waals surface area (Å²) < 4.78 is 0. The second-order valence-electron chi connectivity index (χ2n) is 3.87. The zero-order valence-corrected chi connectivity index (χ0v) is 9.78. The average molecular weight is 239 g/mol. The smallest absolute Gasteiger partial charge is 0.101 e. The minimum absolute atomic E-state index is 0. The van der Waals surface area contributed by atoms with Crippen molar-refractivity contribution < 1.29 is 0 Å². The monoisotopic (exact) mass is 238 g/mol. The summed E-state index contributed by atoms with van der Waals surface area (Å²) in [5.74, 6) is 0. The number of nitrogens with two attached hydrogens (primary N) is 1. The van der Waals surface area contributed by atoms with Crippen molar-refractivity contribution in [3.63, 3.8) is 0 Å². The summed E-state index contributed by atoms with van der Waals surface area (Å²) in [5, 5.41) is 8.77. The number of halogens is 1. The summed E-state index contributed by atoms with van der Waals surface area (Å²) in [6, 6.07) is 4.31. The van der Waals surface area contributed by atoms with Crippen LogP contribution in [0.25, 0.3) is 0 Å². The molecule has 1 saturated heterocycles. The fourth-order valence-corrected chi connectivity index (χ4v) is 1.82. The molecular weight excluding hydrogens is 224 g/mol. The maximum absolute atomic E-state index is 8.77. The van der Waals surface area contributed by atoms with Gasteiger partial charge in [-0.1, -0.05) is 0 Å². The van der Waals surface area contributed by atoms with Crippen molar-refractivity contribution in [3.8, 4) is 6.07 Å². The van der Waals surface area contributed by atoms with Gasteiger partial charge in [0.1, 0.15) is 6.07 Å². The van der Waals surface area contributed by atoms with Gasteiger partial charge in [-0.3, -0.25) is 4.98 Å². The van der Waals surface area contributed by atoms with E-state index in [-0.39, 0.29) is 12.4 Å². The number of piperidine rings is 1. The van der Waals surface area contributed by atoms with Crippen molar-refractivity contribution in [2.45, 2.75) is 18.9 Å². The minimum atomic E-state index is 0. The highest BCUT2D eigenvalue weighted by molar-refractivity contribution is 5.85. The third-order valence-electron chi connectivity index (χ3n) is 2.76. The molecule has 0 aromatic carbocycles. The molecule has 5 heteroatoms. The van der Waals surface area contributed by atoms with Gasteiger partial charge in [0.25, 0.3) is 0 Å². The van der Waals surface area contributed by atoms with Gasteiger partial charge in [0.2, 0.25) is 0 Å². The molecule has 0 amide bonds. The van der Waals surface area contributed by atoms with Crippen LogP contribution in [0.4, 0.5) is 5.69 Å². The third kappa shape index (κ3) is 2.84. The van der Waals surface area contributed by atoms with E-state index in [1.165, 1.54) is 0 Å². The summed E-state index contributed by atoms with van der Waals surface area (Å²) in [4.78, 5) is 6.29. The van der Waals surface area contributed by atoms with Crippen LogP contribution in [0.3, 0.4) is 0 Å². The van der Waals surface area contributed by atoms with Crippen LogP contribution in [-0.4, -0.2) is 24.1 Å². The summed E-state index contributed by atoms with van der Waals surface area (Å²) >= 11 is 0. The van der Waals surface area contributed by atoms with E-state index in [4.69, 9.17) is 11.0 Å². The zero-order chi connectivity index (χ0) is 10.7. The first-order valence-electron chi connectivity index (χ1n) is 5.15. The van der Waals surface area contributed by atoms with Gasteiger partial charge in [0, 0.05) is 25.3 Å². The van der Waals surface area contributed by atoms with E-state index in [1.54, 1.807) is 12.4 Å². The molecule has 2 heterocycles. The van der Waals surface area contributed by atoms with Gasteiger partial charge < -0.3 is 10.6 Å². The van der Waals surface area contributed by atoms with Gasteiger partial charge >= 0.3 is 0 Å². The van der Waals surface area contributed by atoms with Crippen LogP contribution in [0, 0.1) is 11.3 Å². The Labute approximate surface area is 101 Å². The van der Waals surface area contributed by atoms with Gasteiger partial charge in [-0.15, -0.1) is 12.4 Å². The summed E-state index contributed by atoms with van der Waals surface area (Å²) in [6.07, 6.45) is 5.41. The molecule has 0 aliphatic carbocycles. The topological polar surface area (TPSA) is 65.9 Å². The van der Waals surface area contributed by atoms with Crippen LogP contribution < -0.4 is 10.6 Å². The SMILES string of the molecule is Cl.N#Cc1cncc(N2CCC(N)CC2)c1. The highest BCUT2D eigenvalue weighted by Gasteiger charge is 2.16. The molecule has 0 spiro atoms. The van der Waals surface area contributed by atoms with E-state index in [1.807, 2.05) is 6.07 Å². The van der Waals surface area contributed by atoms with Gasteiger partial charge in [-0.05, 0) is 18.9 Å². The molecule has 1 aliphatic heterocycles. The van der Waals surface area contributed by atoms with Crippen molar-refractivity contribution in [2.75, 3.05) is 18.0 Å². The number of nitrogens with zero attached hydrogens (tertiary/aromatic N) is 3. The number of aromatic nitrogens is 1. The van der Waals surface area contributed by atoms with Crippen LogP contribution >= 0.6 is 12.4 Å². The number of rotatable bonds is 1. The summed E-state index contributed by atoms with van der Waals surface area (Å²) in [7, 11) is 0. The maximum atomic E-state index is 8.77. The molecule has 2 N–H and O–H groups in total. The van der Waals surface area contributed by atoms with Crippen molar-refractivity contribution >= 4 is 18.1 Å². The minimum Gasteiger partial charge on any atom is -0.370 e. The molecule has 1 aromatic heterocycles. The number of hydrogen-bond donors (Lipinski definition) is 1. The zero-order valence-electron chi connectivity index (χ0n) is 8.97. The average Bonchev–Trinajstić information content (AvgIpc) is 2.30. The molecule has 1 aliphatic rings. The van der Waals surface area contributed by atoms with Gasteiger partial charge in [-0.25, -0.2) is 0 Å². The molecule has 0 atom stereocenters.